The molecule has 0 aliphatic heterocycles. The molecule has 24 heavy (non-hydrogen) atoms. The highest BCUT2D eigenvalue weighted by molar-refractivity contribution is 7.89. The first kappa shape index (κ1) is 18.4. The number of hydrogen-bond acceptors (Lipinski definition) is 5. The van der Waals surface area contributed by atoms with Gasteiger partial charge in [0.1, 0.15) is 0 Å². The van der Waals surface area contributed by atoms with Crippen molar-refractivity contribution in [2.75, 3.05) is 19.4 Å². The van der Waals surface area contributed by atoms with Crippen molar-refractivity contribution in [3.05, 3.63) is 24.3 Å². The molecule has 0 bridgehead atoms. The average Bonchev–Trinajstić information content (AvgIpc) is 3.24. The summed E-state index contributed by atoms with van der Waals surface area (Å²) in [5, 5.41) is 2.57. The molecule has 1 fully saturated rings. The Balaban J connectivity index is 2.02. The molecule has 0 saturated heterocycles. The standard InChI is InChI=1S/C16H22N2O5S/c1-10-8-14(10)16(20)23-11(2)15(19)17-12-6-5-7-13(9-12)24(21,22)18(3)4/h5-7,9-11,14H,8H2,1-4H3,(H,17,19)/t10-,11-,14+/m0/s1. The summed E-state index contributed by atoms with van der Waals surface area (Å²) in [6.07, 6.45) is -0.156. The number of carbonyl (C=O) groups is 2. The third kappa shape index (κ3) is 4.12. The highest BCUT2D eigenvalue weighted by Crippen LogP contribution is 2.38. The number of carbonyl (C=O) groups excluding carboxylic acids is 2. The first-order valence-corrected chi connectivity index (χ1v) is 9.11. The number of ether oxygens (including phenoxy) is 1. The number of benzene rings is 1. The van der Waals surface area contributed by atoms with E-state index in [4.69, 9.17) is 4.74 Å². The molecule has 1 N–H and O–H groups in total. The van der Waals surface area contributed by atoms with Crippen molar-refractivity contribution in [2.45, 2.75) is 31.3 Å². The number of sulfonamides is 1. The monoisotopic (exact) mass is 354 g/mol. The van der Waals surface area contributed by atoms with Crippen LogP contribution in [0.4, 0.5) is 5.69 Å². The van der Waals surface area contributed by atoms with Crippen LogP contribution >= 0.6 is 0 Å². The van der Waals surface area contributed by atoms with Crippen LogP contribution in [0.2, 0.25) is 0 Å². The second kappa shape index (κ2) is 6.90. The number of nitrogens with one attached hydrogen (secondary N) is 1. The summed E-state index contributed by atoms with van der Waals surface area (Å²) < 4.78 is 30.4. The molecule has 1 aliphatic carbocycles. The Kier molecular flexibility index (Phi) is 5.29. The van der Waals surface area contributed by atoms with Crippen LogP contribution in [0, 0.1) is 11.8 Å². The van der Waals surface area contributed by atoms with Crippen LogP contribution < -0.4 is 5.32 Å². The lowest BCUT2D eigenvalue weighted by molar-refractivity contribution is -0.154. The molecule has 1 aliphatic rings. The van der Waals surface area contributed by atoms with Gasteiger partial charge in [0.05, 0.1) is 10.8 Å². The van der Waals surface area contributed by atoms with Crippen molar-refractivity contribution in [3.63, 3.8) is 0 Å². The molecule has 7 nitrogen and oxygen atoms in total. The number of nitrogens with zero attached hydrogens (tertiary/aromatic N) is 1. The summed E-state index contributed by atoms with van der Waals surface area (Å²) in [6.45, 7) is 3.44. The Labute approximate surface area is 142 Å². The summed E-state index contributed by atoms with van der Waals surface area (Å²) in [5.74, 6) is -0.681. The van der Waals surface area contributed by atoms with Gasteiger partial charge in [-0.05, 0) is 37.5 Å². The Hall–Kier alpha value is -1.93. The molecule has 0 unspecified atom stereocenters. The number of esters is 1. The van der Waals surface area contributed by atoms with E-state index >= 15 is 0 Å². The van der Waals surface area contributed by atoms with E-state index in [-0.39, 0.29) is 16.8 Å². The molecule has 1 saturated carbocycles. The first-order chi connectivity index (χ1) is 11.1. The second-order valence-electron chi connectivity index (χ2n) is 6.20. The van der Waals surface area contributed by atoms with Crippen molar-refractivity contribution in [3.8, 4) is 0 Å². The number of amides is 1. The van der Waals surface area contributed by atoms with Crippen molar-refractivity contribution >= 4 is 27.6 Å². The summed E-state index contributed by atoms with van der Waals surface area (Å²) in [6, 6.07) is 5.92. The third-order valence-electron chi connectivity index (χ3n) is 3.95. The van der Waals surface area contributed by atoms with Gasteiger partial charge in [0, 0.05) is 19.8 Å². The van der Waals surface area contributed by atoms with Gasteiger partial charge in [-0.2, -0.15) is 0 Å². The molecule has 132 valence electrons. The van der Waals surface area contributed by atoms with E-state index < -0.39 is 22.0 Å². The molecule has 0 radical (unpaired) electrons. The molecule has 1 aromatic carbocycles. The minimum atomic E-state index is -3.59. The molecule has 2 rings (SSSR count). The van der Waals surface area contributed by atoms with E-state index in [2.05, 4.69) is 5.32 Å². The maximum atomic E-state index is 12.1. The van der Waals surface area contributed by atoms with Crippen molar-refractivity contribution in [1.29, 1.82) is 0 Å². The maximum Gasteiger partial charge on any atom is 0.309 e. The molecule has 3 atom stereocenters. The fourth-order valence-corrected chi connectivity index (χ4v) is 3.10. The summed E-state index contributed by atoms with van der Waals surface area (Å²) in [7, 11) is -0.724. The van der Waals surface area contributed by atoms with Gasteiger partial charge in [0.25, 0.3) is 5.91 Å². The van der Waals surface area contributed by atoms with Gasteiger partial charge in [-0.25, -0.2) is 12.7 Å². The van der Waals surface area contributed by atoms with Gasteiger partial charge in [-0.3, -0.25) is 9.59 Å². The normalized spacial score (nSPS) is 21.2. The summed E-state index contributed by atoms with van der Waals surface area (Å²) >= 11 is 0. The molecule has 0 spiro atoms. The quantitative estimate of drug-likeness (QED) is 0.781. The summed E-state index contributed by atoms with van der Waals surface area (Å²) in [4.78, 5) is 23.9. The molecule has 1 aromatic rings. The molecule has 8 heteroatoms. The minimum absolute atomic E-state index is 0.0711. The topological polar surface area (TPSA) is 92.8 Å². The average molecular weight is 354 g/mol. The molecule has 1 amide bonds. The number of hydrogen-bond donors (Lipinski definition) is 1. The highest BCUT2D eigenvalue weighted by Gasteiger charge is 2.41. The lowest BCUT2D eigenvalue weighted by Gasteiger charge is -2.15. The highest BCUT2D eigenvalue weighted by atomic mass is 32.2. The predicted molar refractivity (Wildman–Crippen MR) is 88.8 cm³/mol. The zero-order chi connectivity index (χ0) is 18.1. The van der Waals surface area contributed by atoms with Gasteiger partial charge in [0.2, 0.25) is 10.0 Å². The Morgan fingerprint density at radius 3 is 2.50 bits per heavy atom. The Morgan fingerprint density at radius 1 is 1.33 bits per heavy atom. The van der Waals surface area contributed by atoms with Crippen LogP contribution in [-0.2, 0) is 24.3 Å². The fraction of sp³-hybridized carbons (Fsp3) is 0.500. The second-order valence-corrected chi connectivity index (χ2v) is 8.35. The van der Waals surface area contributed by atoms with Crippen molar-refractivity contribution in [2.24, 2.45) is 11.8 Å². The number of anilines is 1. The van der Waals surface area contributed by atoms with E-state index in [1.807, 2.05) is 6.92 Å². The Bertz CT molecular complexity index is 745. The number of rotatable bonds is 6. The van der Waals surface area contributed by atoms with Gasteiger partial charge in [-0.1, -0.05) is 13.0 Å². The van der Waals surface area contributed by atoms with Crippen molar-refractivity contribution in [1.82, 2.24) is 4.31 Å². The van der Waals surface area contributed by atoms with E-state index in [0.29, 0.717) is 11.6 Å². The van der Waals surface area contributed by atoms with Crippen LogP contribution in [0.3, 0.4) is 0 Å². The fourth-order valence-electron chi connectivity index (χ4n) is 2.15. The first-order valence-electron chi connectivity index (χ1n) is 7.67. The SMILES string of the molecule is C[C@H](OC(=O)[C@@H]1C[C@@H]1C)C(=O)Nc1cccc(S(=O)(=O)N(C)C)c1. The van der Waals surface area contributed by atoms with Crippen LogP contribution in [0.15, 0.2) is 29.2 Å². The molecule has 0 heterocycles. The van der Waals surface area contributed by atoms with Gasteiger partial charge < -0.3 is 10.1 Å². The van der Waals surface area contributed by atoms with Crippen LogP contribution in [0.25, 0.3) is 0 Å². The van der Waals surface area contributed by atoms with E-state index in [0.717, 1.165) is 10.7 Å². The maximum absolute atomic E-state index is 12.1. The zero-order valence-corrected chi connectivity index (χ0v) is 15.0. The largest absolute Gasteiger partial charge is 0.452 e. The third-order valence-corrected chi connectivity index (χ3v) is 5.77. The molecule has 0 aromatic heterocycles. The van der Waals surface area contributed by atoms with E-state index in [9.17, 15) is 18.0 Å². The van der Waals surface area contributed by atoms with Crippen molar-refractivity contribution < 1.29 is 22.7 Å². The smallest absolute Gasteiger partial charge is 0.309 e. The molecular formula is C16H22N2O5S. The van der Waals surface area contributed by atoms with Gasteiger partial charge in [-0.15, -0.1) is 0 Å². The lowest BCUT2D eigenvalue weighted by Crippen LogP contribution is -2.30. The van der Waals surface area contributed by atoms with Crippen LogP contribution in [0.5, 0.6) is 0 Å². The van der Waals surface area contributed by atoms with E-state index in [1.165, 1.54) is 39.2 Å². The van der Waals surface area contributed by atoms with Gasteiger partial charge in [0.15, 0.2) is 6.10 Å². The predicted octanol–water partition coefficient (Wildman–Crippen LogP) is 1.46. The van der Waals surface area contributed by atoms with Crippen LogP contribution in [0.1, 0.15) is 20.3 Å². The molecular weight excluding hydrogens is 332 g/mol. The summed E-state index contributed by atoms with van der Waals surface area (Å²) in [5.41, 5.74) is 0.325. The van der Waals surface area contributed by atoms with Crippen LogP contribution in [-0.4, -0.2) is 44.8 Å². The van der Waals surface area contributed by atoms with Gasteiger partial charge >= 0.3 is 5.97 Å². The Morgan fingerprint density at radius 2 is 1.96 bits per heavy atom. The minimum Gasteiger partial charge on any atom is -0.452 e. The van der Waals surface area contributed by atoms with E-state index in [1.54, 1.807) is 6.07 Å². The zero-order valence-electron chi connectivity index (χ0n) is 14.1. The lowest BCUT2D eigenvalue weighted by atomic mass is 10.3.